The third-order valence-corrected chi connectivity index (χ3v) is 6.18. The Kier molecular flexibility index (Phi) is 5.21. The van der Waals surface area contributed by atoms with Crippen molar-refractivity contribution in [2.24, 2.45) is 5.92 Å². The highest BCUT2D eigenvalue weighted by atomic mass is 19.1. The molecule has 0 aliphatic heterocycles. The summed E-state index contributed by atoms with van der Waals surface area (Å²) in [5.41, 5.74) is 1.33. The van der Waals surface area contributed by atoms with E-state index in [-0.39, 0.29) is 23.2 Å². The van der Waals surface area contributed by atoms with Crippen molar-refractivity contribution in [3.05, 3.63) is 100 Å². The molecule has 1 aliphatic rings. The molecule has 1 fully saturated rings. The number of fused-ring (bicyclic) bond motifs is 1. The Balaban J connectivity index is 1.60. The lowest BCUT2D eigenvalue weighted by Crippen LogP contribution is -2.35. The zero-order chi connectivity index (χ0) is 22.2. The summed E-state index contributed by atoms with van der Waals surface area (Å²) < 4.78 is 34.3. The Morgan fingerprint density at radius 2 is 1.56 bits per heavy atom. The number of hydrogen-bond acceptors (Lipinski definition) is 3. The fraction of sp³-hybridized carbons (Fsp3) is 0.231. The minimum absolute atomic E-state index is 0.154. The maximum absolute atomic E-state index is 13.7. The van der Waals surface area contributed by atoms with Gasteiger partial charge in [-0.3, -0.25) is 9.36 Å². The number of halogens is 2. The van der Waals surface area contributed by atoms with Gasteiger partial charge in [0.1, 0.15) is 29.0 Å². The number of aryl methyl sites for hydroxylation is 1. The summed E-state index contributed by atoms with van der Waals surface area (Å²) in [6.07, 6.45) is 3.15. The topological polar surface area (TPSA) is 44.1 Å². The predicted octanol–water partition coefficient (Wildman–Crippen LogP) is 6.16. The standard InChI is InChI=1S/C26H22F2N2O2/c1-16-29-24-14-13-22(32-21-11-9-20(28)10-12-21)15-23(24)26(31)30(16)25(17-3-2-4-17)18-5-7-19(27)8-6-18/h5-15,17,25H,2-4H2,1H3/t25-/m1/s1. The van der Waals surface area contributed by atoms with Gasteiger partial charge in [-0.05, 0) is 85.8 Å². The van der Waals surface area contributed by atoms with Gasteiger partial charge in [0.25, 0.3) is 5.56 Å². The normalized spacial score (nSPS) is 14.8. The minimum Gasteiger partial charge on any atom is -0.457 e. The molecule has 162 valence electrons. The van der Waals surface area contributed by atoms with E-state index < -0.39 is 0 Å². The maximum Gasteiger partial charge on any atom is 0.262 e. The fourth-order valence-electron chi connectivity index (χ4n) is 4.37. The van der Waals surface area contributed by atoms with Crippen molar-refractivity contribution in [2.45, 2.75) is 32.2 Å². The molecular weight excluding hydrogens is 410 g/mol. The van der Waals surface area contributed by atoms with E-state index >= 15 is 0 Å². The lowest BCUT2D eigenvalue weighted by atomic mass is 9.77. The Labute approximate surface area is 184 Å². The molecule has 0 amide bonds. The molecule has 0 spiro atoms. The summed E-state index contributed by atoms with van der Waals surface area (Å²) in [5, 5.41) is 0.446. The van der Waals surface area contributed by atoms with Crippen LogP contribution < -0.4 is 10.3 Å². The Morgan fingerprint density at radius 3 is 2.19 bits per heavy atom. The van der Waals surface area contributed by atoms with E-state index in [0.29, 0.717) is 34.1 Å². The molecule has 1 aromatic heterocycles. The van der Waals surface area contributed by atoms with E-state index in [0.717, 1.165) is 24.8 Å². The second kappa shape index (κ2) is 8.19. The van der Waals surface area contributed by atoms with Gasteiger partial charge >= 0.3 is 0 Å². The summed E-state index contributed by atoms with van der Waals surface area (Å²) in [4.78, 5) is 18.4. The van der Waals surface area contributed by atoms with Crippen LogP contribution in [0.2, 0.25) is 0 Å². The fourth-order valence-corrected chi connectivity index (χ4v) is 4.37. The van der Waals surface area contributed by atoms with Crippen molar-refractivity contribution < 1.29 is 13.5 Å². The summed E-state index contributed by atoms with van der Waals surface area (Å²) in [5.74, 6) is 1.22. The van der Waals surface area contributed by atoms with E-state index in [1.54, 1.807) is 34.9 Å². The first-order chi connectivity index (χ1) is 15.5. The second-order valence-corrected chi connectivity index (χ2v) is 8.26. The smallest absolute Gasteiger partial charge is 0.262 e. The molecule has 1 aliphatic carbocycles. The summed E-state index contributed by atoms with van der Waals surface area (Å²) in [7, 11) is 0. The van der Waals surface area contributed by atoms with Gasteiger partial charge in [-0.2, -0.15) is 0 Å². The molecule has 1 heterocycles. The number of hydrogen-bond donors (Lipinski definition) is 0. The lowest BCUT2D eigenvalue weighted by molar-refractivity contribution is 0.231. The lowest BCUT2D eigenvalue weighted by Gasteiger charge is -2.36. The average molecular weight is 432 g/mol. The van der Waals surface area contributed by atoms with Gasteiger partial charge in [0.2, 0.25) is 0 Å². The third kappa shape index (κ3) is 3.77. The molecule has 3 aromatic carbocycles. The van der Waals surface area contributed by atoms with Crippen LogP contribution in [0.3, 0.4) is 0 Å². The molecule has 0 bridgehead atoms. The molecule has 6 heteroatoms. The molecule has 0 unspecified atom stereocenters. The van der Waals surface area contributed by atoms with Crippen LogP contribution in [0.15, 0.2) is 71.5 Å². The van der Waals surface area contributed by atoms with E-state index in [1.165, 1.54) is 36.4 Å². The molecular formula is C26H22F2N2O2. The van der Waals surface area contributed by atoms with Gasteiger partial charge in [-0.15, -0.1) is 0 Å². The predicted molar refractivity (Wildman–Crippen MR) is 119 cm³/mol. The van der Waals surface area contributed by atoms with Crippen LogP contribution in [0, 0.1) is 24.5 Å². The Hall–Kier alpha value is -3.54. The number of aromatic nitrogens is 2. The summed E-state index contributed by atoms with van der Waals surface area (Å²) in [6.45, 7) is 1.83. The third-order valence-electron chi connectivity index (χ3n) is 6.18. The van der Waals surface area contributed by atoms with Crippen LogP contribution in [-0.4, -0.2) is 9.55 Å². The first-order valence-corrected chi connectivity index (χ1v) is 10.7. The summed E-state index contributed by atoms with van der Waals surface area (Å²) >= 11 is 0. The first kappa shape index (κ1) is 20.4. The average Bonchev–Trinajstić information content (AvgIpc) is 2.74. The van der Waals surface area contributed by atoms with Crippen molar-refractivity contribution in [3.8, 4) is 11.5 Å². The van der Waals surface area contributed by atoms with Crippen LogP contribution in [0.1, 0.15) is 36.7 Å². The molecule has 32 heavy (non-hydrogen) atoms. The largest absolute Gasteiger partial charge is 0.457 e. The number of rotatable bonds is 5. The minimum atomic E-state index is -0.346. The van der Waals surface area contributed by atoms with E-state index in [1.807, 2.05) is 6.92 Å². The second-order valence-electron chi connectivity index (χ2n) is 8.26. The molecule has 5 rings (SSSR count). The molecule has 0 radical (unpaired) electrons. The number of ether oxygens (including phenoxy) is 1. The van der Waals surface area contributed by atoms with Crippen LogP contribution >= 0.6 is 0 Å². The quantitative estimate of drug-likeness (QED) is 0.379. The molecule has 4 nitrogen and oxygen atoms in total. The highest BCUT2D eigenvalue weighted by Gasteiger charge is 2.32. The van der Waals surface area contributed by atoms with E-state index in [2.05, 4.69) is 4.98 Å². The van der Waals surface area contributed by atoms with Gasteiger partial charge in [0, 0.05) is 0 Å². The highest BCUT2D eigenvalue weighted by molar-refractivity contribution is 5.79. The van der Waals surface area contributed by atoms with Crippen LogP contribution in [0.25, 0.3) is 10.9 Å². The van der Waals surface area contributed by atoms with Crippen molar-refractivity contribution in [1.82, 2.24) is 9.55 Å². The van der Waals surface area contributed by atoms with Gasteiger partial charge in [-0.1, -0.05) is 18.6 Å². The Morgan fingerprint density at radius 1 is 0.938 bits per heavy atom. The van der Waals surface area contributed by atoms with Crippen molar-refractivity contribution >= 4 is 10.9 Å². The van der Waals surface area contributed by atoms with Crippen LogP contribution in [0.5, 0.6) is 11.5 Å². The molecule has 4 aromatic rings. The molecule has 1 atom stereocenters. The van der Waals surface area contributed by atoms with E-state index in [9.17, 15) is 13.6 Å². The van der Waals surface area contributed by atoms with Crippen LogP contribution in [0.4, 0.5) is 8.78 Å². The van der Waals surface area contributed by atoms with Gasteiger partial charge < -0.3 is 4.74 Å². The van der Waals surface area contributed by atoms with Crippen molar-refractivity contribution in [3.63, 3.8) is 0 Å². The monoisotopic (exact) mass is 432 g/mol. The Bertz CT molecular complexity index is 1330. The van der Waals surface area contributed by atoms with Crippen LogP contribution in [-0.2, 0) is 0 Å². The molecule has 0 saturated heterocycles. The van der Waals surface area contributed by atoms with Gasteiger partial charge in [0.05, 0.1) is 16.9 Å². The molecule has 1 saturated carbocycles. The van der Waals surface area contributed by atoms with E-state index in [4.69, 9.17) is 4.74 Å². The summed E-state index contributed by atoms with van der Waals surface area (Å²) in [6, 6.07) is 17.1. The molecule has 0 N–H and O–H groups in total. The van der Waals surface area contributed by atoms with Crippen molar-refractivity contribution in [2.75, 3.05) is 0 Å². The maximum atomic E-state index is 13.7. The number of benzene rings is 3. The van der Waals surface area contributed by atoms with Gasteiger partial charge in [-0.25, -0.2) is 13.8 Å². The zero-order valence-corrected chi connectivity index (χ0v) is 17.6. The zero-order valence-electron chi connectivity index (χ0n) is 17.6. The highest BCUT2D eigenvalue weighted by Crippen LogP contribution is 2.40. The van der Waals surface area contributed by atoms with Crippen molar-refractivity contribution in [1.29, 1.82) is 0 Å². The number of nitrogens with zero attached hydrogens (tertiary/aromatic N) is 2. The van der Waals surface area contributed by atoms with Gasteiger partial charge in [0.15, 0.2) is 0 Å². The SMILES string of the molecule is Cc1nc2ccc(Oc3ccc(F)cc3)cc2c(=O)n1[C@@H](c1ccc(F)cc1)C1CCC1. The first-order valence-electron chi connectivity index (χ1n) is 10.7.